The molecule has 1 saturated heterocycles. The Morgan fingerprint density at radius 3 is 2.70 bits per heavy atom. The van der Waals surface area contributed by atoms with Gasteiger partial charge in [-0.25, -0.2) is 0 Å². The zero-order valence-corrected chi connectivity index (χ0v) is 14.4. The zero-order valence-electron chi connectivity index (χ0n) is 14.4. The van der Waals surface area contributed by atoms with Crippen LogP contribution in [0.25, 0.3) is 0 Å². The van der Waals surface area contributed by atoms with Gasteiger partial charge in [-0.2, -0.15) is 0 Å². The Morgan fingerprint density at radius 2 is 2.04 bits per heavy atom. The molecule has 1 aliphatic heterocycles. The van der Waals surface area contributed by atoms with Gasteiger partial charge in [0.05, 0.1) is 18.8 Å². The molecular formula is C18H28N2O3. The number of hydrogen-bond donors (Lipinski definition) is 1. The second-order valence-corrected chi connectivity index (χ2v) is 5.84. The molecule has 2 rings (SSSR count). The maximum absolute atomic E-state index is 12.5. The van der Waals surface area contributed by atoms with Crippen molar-refractivity contribution in [1.29, 1.82) is 0 Å². The van der Waals surface area contributed by atoms with Gasteiger partial charge in [-0.05, 0) is 64.4 Å². The van der Waals surface area contributed by atoms with E-state index in [-0.39, 0.29) is 18.1 Å². The summed E-state index contributed by atoms with van der Waals surface area (Å²) in [7, 11) is 0. The molecule has 1 aromatic rings. The highest BCUT2D eigenvalue weighted by atomic mass is 16.5. The molecule has 5 heteroatoms. The molecule has 2 unspecified atom stereocenters. The van der Waals surface area contributed by atoms with Crippen LogP contribution in [0.1, 0.15) is 33.6 Å². The van der Waals surface area contributed by atoms with Crippen LogP contribution >= 0.6 is 0 Å². The lowest BCUT2D eigenvalue weighted by Gasteiger charge is -2.35. The van der Waals surface area contributed by atoms with Gasteiger partial charge in [0, 0.05) is 18.8 Å². The predicted molar refractivity (Wildman–Crippen MR) is 91.9 cm³/mol. The number of nitrogens with zero attached hydrogens (tertiary/aromatic N) is 1. The van der Waals surface area contributed by atoms with E-state index in [1.54, 1.807) is 0 Å². The number of rotatable bonds is 7. The Bertz CT molecular complexity index is 488. The third-order valence-corrected chi connectivity index (χ3v) is 4.17. The average molecular weight is 320 g/mol. The van der Waals surface area contributed by atoms with Crippen LogP contribution in [0.5, 0.6) is 5.75 Å². The molecule has 1 aliphatic rings. The van der Waals surface area contributed by atoms with E-state index in [4.69, 9.17) is 9.47 Å². The first-order valence-electron chi connectivity index (χ1n) is 8.53. The van der Waals surface area contributed by atoms with E-state index in [0.29, 0.717) is 6.61 Å². The molecule has 1 heterocycles. The van der Waals surface area contributed by atoms with E-state index < -0.39 is 0 Å². The third kappa shape index (κ3) is 5.22. The van der Waals surface area contributed by atoms with Crippen molar-refractivity contribution in [3.05, 3.63) is 24.3 Å². The van der Waals surface area contributed by atoms with E-state index in [1.807, 2.05) is 45.0 Å². The maximum Gasteiger partial charge on any atom is 0.241 e. The lowest BCUT2D eigenvalue weighted by atomic mass is 10.1. The van der Waals surface area contributed by atoms with Crippen molar-refractivity contribution >= 4 is 11.6 Å². The van der Waals surface area contributed by atoms with Crippen LogP contribution in [0, 0.1) is 0 Å². The smallest absolute Gasteiger partial charge is 0.241 e. The Balaban J connectivity index is 1.88. The second kappa shape index (κ2) is 8.89. The number of anilines is 1. The number of nitrogens with one attached hydrogen (secondary N) is 1. The van der Waals surface area contributed by atoms with Crippen LogP contribution in [0.3, 0.4) is 0 Å². The molecule has 1 amide bonds. The van der Waals surface area contributed by atoms with E-state index in [0.717, 1.165) is 44.0 Å². The quantitative estimate of drug-likeness (QED) is 0.839. The average Bonchev–Trinajstić information content (AvgIpc) is 2.57. The molecule has 1 aromatic carbocycles. The van der Waals surface area contributed by atoms with Crippen LogP contribution in [0.2, 0.25) is 0 Å². The molecule has 0 aliphatic carbocycles. The summed E-state index contributed by atoms with van der Waals surface area (Å²) in [6.45, 7) is 9.06. The first-order chi connectivity index (χ1) is 11.1. The van der Waals surface area contributed by atoms with E-state index in [2.05, 4.69) is 10.2 Å². The zero-order chi connectivity index (χ0) is 16.7. The van der Waals surface area contributed by atoms with E-state index in [1.165, 1.54) is 0 Å². The summed E-state index contributed by atoms with van der Waals surface area (Å²) in [5.74, 6) is 0.834. The van der Waals surface area contributed by atoms with Crippen molar-refractivity contribution in [3.63, 3.8) is 0 Å². The SMILES string of the molecule is CCOc1ccc(NC(=O)C(C)N2CCCC(OCC)C2)cc1. The van der Waals surface area contributed by atoms with Crippen molar-refractivity contribution in [2.45, 2.75) is 45.8 Å². The number of benzene rings is 1. The van der Waals surface area contributed by atoms with Gasteiger partial charge in [0.25, 0.3) is 0 Å². The predicted octanol–water partition coefficient (Wildman–Crippen LogP) is 2.91. The van der Waals surface area contributed by atoms with Gasteiger partial charge in [-0.1, -0.05) is 0 Å². The topological polar surface area (TPSA) is 50.8 Å². The van der Waals surface area contributed by atoms with Gasteiger partial charge in [0.15, 0.2) is 0 Å². The Morgan fingerprint density at radius 1 is 1.30 bits per heavy atom. The van der Waals surface area contributed by atoms with Gasteiger partial charge in [0.1, 0.15) is 5.75 Å². The van der Waals surface area contributed by atoms with Crippen LogP contribution in [0.4, 0.5) is 5.69 Å². The van der Waals surface area contributed by atoms with Crippen LogP contribution in [-0.4, -0.2) is 49.3 Å². The molecule has 1 fully saturated rings. The lowest BCUT2D eigenvalue weighted by Crippen LogP contribution is -2.49. The number of amides is 1. The summed E-state index contributed by atoms with van der Waals surface area (Å²) < 4.78 is 11.1. The van der Waals surface area contributed by atoms with Gasteiger partial charge < -0.3 is 14.8 Å². The summed E-state index contributed by atoms with van der Waals surface area (Å²) in [6.07, 6.45) is 2.40. The van der Waals surface area contributed by atoms with Crippen molar-refractivity contribution in [1.82, 2.24) is 4.90 Å². The molecule has 1 N–H and O–H groups in total. The first-order valence-corrected chi connectivity index (χ1v) is 8.53. The van der Waals surface area contributed by atoms with Gasteiger partial charge in [-0.15, -0.1) is 0 Å². The number of carbonyl (C=O) groups is 1. The Hall–Kier alpha value is -1.59. The summed E-state index contributed by atoms with van der Waals surface area (Å²) in [5.41, 5.74) is 0.795. The summed E-state index contributed by atoms with van der Waals surface area (Å²) >= 11 is 0. The number of ether oxygens (including phenoxy) is 2. The standard InChI is InChI=1S/C18H28N2O3/c1-4-22-16-10-8-15(9-11-16)19-18(21)14(3)20-12-6-7-17(13-20)23-5-2/h8-11,14,17H,4-7,12-13H2,1-3H3,(H,19,21). The maximum atomic E-state index is 12.5. The fourth-order valence-electron chi connectivity index (χ4n) is 2.90. The molecule has 0 spiro atoms. The third-order valence-electron chi connectivity index (χ3n) is 4.17. The fourth-order valence-corrected chi connectivity index (χ4v) is 2.90. The van der Waals surface area contributed by atoms with Crippen molar-refractivity contribution in [2.75, 3.05) is 31.6 Å². The Labute approximate surface area is 139 Å². The van der Waals surface area contributed by atoms with Gasteiger partial charge in [0.2, 0.25) is 5.91 Å². The Kier molecular flexibility index (Phi) is 6.86. The number of hydrogen-bond acceptors (Lipinski definition) is 4. The van der Waals surface area contributed by atoms with Crippen molar-refractivity contribution in [3.8, 4) is 5.75 Å². The van der Waals surface area contributed by atoms with Crippen LogP contribution < -0.4 is 10.1 Å². The molecule has 0 saturated carbocycles. The highest BCUT2D eigenvalue weighted by Gasteiger charge is 2.27. The number of likely N-dealkylation sites (tertiary alicyclic amines) is 1. The molecular weight excluding hydrogens is 292 g/mol. The summed E-state index contributed by atoms with van der Waals surface area (Å²) in [4.78, 5) is 14.7. The molecule has 128 valence electrons. The minimum absolute atomic E-state index is 0.0197. The minimum atomic E-state index is -0.162. The lowest BCUT2D eigenvalue weighted by molar-refractivity contribution is -0.122. The monoisotopic (exact) mass is 320 g/mol. The van der Waals surface area contributed by atoms with Crippen LogP contribution in [0.15, 0.2) is 24.3 Å². The molecule has 0 radical (unpaired) electrons. The number of piperidine rings is 1. The largest absolute Gasteiger partial charge is 0.494 e. The number of carbonyl (C=O) groups excluding carboxylic acids is 1. The molecule has 2 atom stereocenters. The highest BCUT2D eigenvalue weighted by Crippen LogP contribution is 2.18. The highest BCUT2D eigenvalue weighted by molar-refractivity contribution is 5.94. The second-order valence-electron chi connectivity index (χ2n) is 5.84. The van der Waals surface area contributed by atoms with Crippen LogP contribution in [-0.2, 0) is 9.53 Å². The van der Waals surface area contributed by atoms with Gasteiger partial charge in [-0.3, -0.25) is 9.69 Å². The van der Waals surface area contributed by atoms with Crippen molar-refractivity contribution < 1.29 is 14.3 Å². The van der Waals surface area contributed by atoms with E-state index >= 15 is 0 Å². The fraction of sp³-hybridized carbons (Fsp3) is 0.611. The normalized spacial score (nSPS) is 20.0. The molecule has 23 heavy (non-hydrogen) atoms. The minimum Gasteiger partial charge on any atom is -0.494 e. The molecule has 0 aromatic heterocycles. The molecule has 0 bridgehead atoms. The first kappa shape index (κ1) is 17.8. The van der Waals surface area contributed by atoms with Gasteiger partial charge >= 0.3 is 0 Å². The van der Waals surface area contributed by atoms with Crippen molar-refractivity contribution in [2.24, 2.45) is 0 Å². The molecule has 5 nitrogen and oxygen atoms in total. The summed E-state index contributed by atoms with van der Waals surface area (Å²) in [6, 6.07) is 7.32. The summed E-state index contributed by atoms with van der Waals surface area (Å²) in [5, 5.41) is 2.98. The van der Waals surface area contributed by atoms with E-state index in [9.17, 15) is 4.79 Å².